The minimum Gasteiger partial charge on any atom is -0.309 e. The van der Waals surface area contributed by atoms with Gasteiger partial charge in [-0.05, 0) is 111 Å². The fourth-order valence-corrected chi connectivity index (χ4v) is 7.28. The molecule has 0 fully saturated rings. The van der Waals surface area contributed by atoms with Gasteiger partial charge in [-0.25, -0.2) is 4.57 Å². The van der Waals surface area contributed by atoms with Gasteiger partial charge in [0.25, 0.3) is 0 Å². The molecule has 5 aromatic carbocycles. The standard InChI is InChI=1S/C43H45N2/c1-26(2)29-14-18-40-37(23-29)38-24-30(27(3)4)15-19-41(38)45(40)32-16-17-34-31(22-32)20-21-44(9)42(34)36-25-39(43(6,7)8)35-13-11-10-12-33(35)28(36)5/h10-27H,1-9H3/q+1. The second kappa shape index (κ2) is 10.6. The van der Waals surface area contributed by atoms with Crippen LogP contribution < -0.4 is 4.57 Å². The Balaban J connectivity index is 1.49. The molecule has 7 rings (SSSR count). The van der Waals surface area contributed by atoms with Crippen LogP contribution >= 0.6 is 0 Å². The van der Waals surface area contributed by atoms with E-state index in [9.17, 15) is 0 Å². The third-order valence-electron chi connectivity index (χ3n) is 9.90. The average molecular weight is 590 g/mol. The maximum Gasteiger partial charge on any atom is 0.220 e. The molecule has 2 nitrogen and oxygen atoms in total. The van der Waals surface area contributed by atoms with Gasteiger partial charge in [0.15, 0.2) is 6.20 Å². The Bertz CT molecular complexity index is 2210. The summed E-state index contributed by atoms with van der Waals surface area (Å²) in [6.45, 7) is 18.4. The molecule has 7 aromatic rings. The smallest absolute Gasteiger partial charge is 0.220 e. The first-order valence-corrected chi connectivity index (χ1v) is 16.5. The minimum absolute atomic E-state index is 0.0276. The number of rotatable bonds is 4. The summed E-state index contributed by atoms with van der Waals surface area (Å²) < 4.78 is 4.76. The molecule has 2 aromatic heterocycles. The molecule has 2 heterocycles. The minimum atomic E-state index is 0.0276. The monoisotopic (exact) mass is 589 g/mol. The van der Waals surface area contributed by atoms with Gasteiger partial charge < -0.3 is 4.57 Å². The Kier molecular flexibility index (Phi) is 6.89. The molecular formula is C43H45N2+. The van der Waals surface area contributed by atoms with Crippen LogP contribution in [-0.2, 0) is 12.5 Å². The topological polar surface area (TPSA) is 8.81 Å². The van der Waals surface area contributed by atoms with Crippen LogP contribution in [0.1, 0.15) is 82.6 Å². The fraction of sp³-hybridized carbons (Fsp3) is 0.279. The third-order valence-corrected chi connectivity index (χ3v) is 9.90. The van der Waals surface area contributed by atoms with Gasteiger partial charge in [-0.1, -0.05) is 84.9 Å². The predicted molar refractivity (Wildman–Crippen MR) is 194 cm³/mol. The van der Waals surface area contributed by atoms with E-state index < -0.39 is 0 Å². The van der Waals surface area contributed by atoms with Gasteiger partial charge in [-0.15, -0.1) is 0 Å². The van der Waals surface area contributed by atoms with Crippen LogP contribution in [0.4, 0.5) is 0 Å². The lowest BCUT2D eigenvalue weighted by atomic mass is 9.80. The Morgan fingerprint density at radius 2 is 1.22 bits per heavy atom. The number of hydrogen-bond acceptors (Lipinski definition) is 0. The molecule has 0 saturated heterocycles. The summed E-state index contributed by atoms with van der Waals surface area (Å²) in [6.07, 6.45) is 2.22. The van der Waals surface area contributed by atoms with Gasteiger partial charge in [-0.2, -0.15) is 0 Å². The quantitative estimate of drug-likeness (QED) is 0.181. The molecule has 0 spiro atoms. The van der Waals surface area contributed by atoms with Crippen molar-refractivity contribution in [1.29, 1.82) is 0 Å². The first-order valence-electron chi connectivity index (χ1n) is 16.5. The first kappa shape index (κ1) is 29.3. The van der Waals surface area contributed by atoms with Crippen molar-refractivity contribution in [2.24, 2.45) is 7.05 Å². The second-order valence-corrected chi connectivity index (χ2v) is 14.6. The highest BCUT2D eigenvalue weighted by Crippen LogP contribution is 2.40. The van der Waals surface area contributed by atoms with Crippen molar-refractivity contribution in [3.05, 3.63) is 119 Å². The number of fused-ring (bicyclic) bond motifs is 5. The van der Waals surface area contributed by atoms with Gasteiger partial charge >= 0.3 is 0 Å². The van der Waals surface area contributed by atoms with Crippen molar-refractivity contribution in [1.82, 2.24) is 4.57 Å². The zero-order chi connectivity index (χ0) is 31.8. The fourth-order valence-electron chi connectivity index (χ4n) is 7.28. The van der Waals surface area contributed by atoms with Gasteiger partial charge in [0.2, 0.25) is 5.69 Å². The molecule has 226 valence electrons. The molecule has 0 amide bonds. The summed E-state index contributed by atoms with van der Waals surface area (Å²) in [7, 11) is 2.18. The third kappa shape index (κ3) is 4.74. The Morgan fingerprint density at radius 1 is 0.622 bits per heavy atom. The lowest BCUT2D eigenvalue weighted by Crippen LogP contribution is -2.31. The molecule has 0 N–H and O–H groups in total. The van der Waals surface area contributed by atoms with Crippen molar-refractivity contribution in [2.45, 2.75) is 72.6 Å². The molecule has 0 atom stereocenters. The summed E-state index contributed by atoms with van der Waals surface area (Å²) in [5.74, 6) is 0.969. The number of nitrogens with zero attached hydrogens (tertiary/aromatic N) is 2. The number of aryl methyl sites for hydroxylation is 2. The lowest BCUT2D eigenvalue weighted by molar-refractivity contribution is -0.659. The largest absolute Gasteiger partial charge is 0.309 e. The molecule has 0 bridgehead atoms. The van der Waals surface area contributed by atoms with Crippen LogP contribution in [0.15, 0.2) is 97.2 Å². The summed E-state index contributed by atoms with van der Waals surface area (Å²) in [6, 6.07) is 34.7. The van der Waals surface area contributed by atoms with E-state index in [1.807, 2.05) is 0 Å². The van der Waals surface area contributed by atoms with E-state index in [0.717, 1.165) is 0 Å². The molecular weight excluding hydrogens is 544 g/mol. The molecule has 0 radical (unpaired) electrons. The van der Waals surface area contributed by atoms with Crippen molar-refractivity contribution in [2.75, 3.05) is 0 Å². The van der Waals surface area contributed by atoms with Crippen molar-refractivity contribution < 1.29 is 4.57 Å². The first-order chi connectivity index (χ1) is 21.4. The number of hydrogen-bond donors (Lipinski definition) is 0. The molecule has 2 heteroatoms. The summed E-state index contributed by atoms with van der Waals surface area (Å²) in [5, 5.41) is 7.87. The van der Waals surface area contributed by atoms with Gasteiger partial charge in [0.1, 0.15) is 7.05 Å². The molecule has 0 aliphatic rings. The van der Waals surface area contributed by atoms with Crippen molar-refractivity contribution in [3.63, 3.8) is 0 Å². The highest BCUT2D eigenvalue weighted by molar-refractivity contribution is 6.10. The van der Waals surface area contributed by atoms with Gasteiger partial charge in [-0.3, -0.25) is 0 Å². The van der Waals surface area contributed by atoms with E-state index in [2.05, 4.69) is 169 Å². The molecule has 0 unspecified atom stereocenters. The van der Waals surface area contributed by atoms with Crippen LogP contribution in [0.5, 0.6) is 0 Å². The molecule has 0 aliphatic heterocycles. The summed E-state index contributed by atoms with van der Waals surface area (Å²) in [4.78, 5) is 0. The van der Waals surface area contributed by atoms with Crippen LogP contribution in [0, 0.1) is 6.92 Å². The zero-order valence-electron chi connectivity index (χ0n) is 28.3. The van der Waals surface area contributed by atoms with Crippen LogP contribution in [0.25, 0.3) is 60.3 Å². The SMILES string of the molecule is Cc1c(-c2c3ccc(-n4c5ccc(C(C)C)cc5c5cc(C(C)C)ccc54)cc3cc[n+]2C)cc(C(C)(C)C)c2ccccc12. The van der Waals surface area contributed by atoms with E-state index in [0.29, 0.717) is 11.8 Å². The molecule has 0 saturated carbocycles. The maximum atomic E-state index is 2.46. The lowest BCUT2D eigenvalue weighted by Gasteiger charge is -2.24. The average Bonchev–Trinajstić information content (AvgIpc) is 3.34. The van der Waals surface area contributed by atoms with E-state index in [1.54, 1.807) is 0 Å². The van der Waals surface area contributed by atoms with Gasteiger partial charge in [0.05, 0.1) is 22.0 Å². The van der Waals surface area contributed by atoms with Crippen LogP contribution in [0.3, 0.4) is 0 Å². The number of benzene rings is 5. The van der Waals surface area contributed by atoms with E-state index in [4.69, 9.17) is 0 Å². The van der Waals surface area contributed by atoms with Gasteiger partial charge in [0, 0.05) is 22.5 Å². The Morgan fingerprint density at radius 3 is 1.80 bits per heavy atom. The van der Waals surface area contributed by atoms with Crippen LogP contribution in [0.2, 0.25) is 0 Å². The Hall–Kier alpha value is -4.43. The molecule has 0 aliphatic carbocycles. The maximum absolute atomic E-state index is 2.46. The predicted octanol–water partition coefficient (Wildman–Crippen LogP) is 11.4. The number of aromatic nitrogens is 2. The normalized spacial score (nSPS) is 12.5. The van der Waals surface area contributed by atoms with E-state index in [1.165, 1.54) is 82.5 Å². The van der Waals surface area contributed by atoms with Crippen LogP contribution in [-0.4, -0.2) is 4.57 Å². The second-order valence-electron chi connectivity index (χ2n) is 14.6. The number of pyridine rings is 1. The Labute approximate surface area is 268 Å². The molecule has 45 heavy (non-hydrogen) atoms. The highest BCUT2D eigenvalue weighted by Gasteiger charge is 2.25. The van der Waals surface area contributed by atoms with E-state index in [-0.39, 0.29) is 5.41 Å². The zero-order valence-corrected chi connectivity index (χ0v) is 28.3. The van der Waals surface area contributed by atoms with E-state index >= 15 is 0 Å². The summed E-state index contributed by atoms with van der Waals surface area (Å²) in [5.41, 5.74) is 11.8. The van der Waals surface area contributed by atoms with Crippen molar-refractivity contribution >= 4 is 43.4 Å². The highest BCUT2D eigenvalue weighted by atomic mass is 15.0. The van der Waals surface area contributed by atoms with Crippen molar-refractivity contribution in [3.8, 4) is 16.9 Å². The summed E-state index contributed by atoms with van der Waals surface area (Å²) >= 11 is 0.